The first-order valence-corrected chi connectivity index (χ1v) is 6.50. The van der Waals surface area contributed by atoms with Crippen LogP contribution in [-0.2, 0) is 0 Å². The van der Waals surface area contributed by atoms with Crippen LogP contribution >= 0.6 is 12.4 Å². The molecule has 114 valence electrons. The third-order valence-electron chi connectivity index (χ3n) is 4.06. The number of carbonyl (C=O) groups is 1. The predicted octanol–water partition coefficient (Wildman–Crippen LogP) is 1.45. The molecule has 2 aliphatic rings. The van der Waals surface area contributed by atoms with E-state index >= 15 is 0 Å². The van der Waals surface area contributed by atoms with Crippen molar-refractivity contribution in [3.63, 3.8) is 0 Å². The van der Waals surface area contributed by atoms with Crippen LogP contribution in [-0.4, -0.2) is 41.9 Å². The van der Waals surface area contributed by atoms with Crippen molar-refractivity contribution in [3.05, 3.63) is 39.7 Å². The SMILES string of the molecule is Cl.O=C(c1cc(F)ccc1[N+](=O)[O-])N1C[C@H]2CNC[C@H]2C1. The topological polar surface area (TPSA) is 75.5 Å². The molecule has 0 unspecified atom stereocenters. The molecule has 21 heavy (non-hydrogen) atoms. The fourth-order valence-corrected chi connectivity index (χ4v) is 3.03. The van der Waals surface area contributed by atoms with E-state index in [1.165, 1.54) is 0 Å². The number of hydrogen-bond donors (Lipinski definition) is 1. The molecule has 1 aromatic rings. The second-order valence-corrected chi connectivity index (χ2v) is 5.31. The van der Waals surface area contributed by atoms with E-state index in [4.69, 9.17) is 0 Å². The highest BCUT2D eigenvalue weighted by atomic mass is 35.5. The Morgan fingerprint density at radius 1 is 1.33 bits per heavy atom. The van der Waals surface area contributed by atoms with Crippen molar-refractivity contribution < 1.29 is 14.1 Å². The van der Waals surface area contributed by atoms with E-state index in [-0.39, 0.29) is 23.7 Å². The van der Waals surface area contributed by atoms with E-state index in [9.17, 15) is 19.3 Å². The fourth-order valence-electron chi connectivity index (χ4n) is 3.03. The zero-order valence-corrected chi connectivity index (χ0v) is 11.9. The molecule has 0 saturated carbocycles. The molecule has 6 nitrogen and oxygen atoms in total. The summed E-state index contributed by atoms with van der Waals surface area (Å²) in [6.45, 7) is 2.87. The minimum atomic E-state index is -0.648. The van der Waals surface area contributed by atoms with Crippen LogP contribution in [0.2, 0.25) is 0 Å². The number of amides is 1. The number of rotatable bonds is 2. The summed E-state index contributed by atoms with van der Waals surface area (Å²) in [5.74, 6) is -0.302. The van der Waals surface area contributed by atoms with E-state index in [0.29, 0.717) is 24.9 Å². The summed E-state index contributed by atoms with van der Waals surface area (Å²) >= 11 is 0. The number of benzene rings is 1. The predicted molar refractivity (Wildman–Crippen MR) is 76.1 cm³/mol. The van der Waals surface area contributed by atoms with Crippen LogP contribution in [0.3, 0.4) is 0 Å². The van der Waals surface area contributed by atoms with Gasteiger partial charge in [-0.2, -0.15) is 0 Å². The quantitative estimate of drug-likeness (QED) is 0.662. The van der Waals surface area contributed by atoms with Gasteiger partial charge >= 0.3 is 0 Å². The monoisotopic (exact) mass is 315 g/mol. The highest BCUT2D eigenvalue weighted by molar-refractivity contribution is 5.98. The average molecular weight is 316 g/mol. The summed E-state index contributed by atoms with van der Waals surface area (Å²) in [6.07, 6.45) is 0. The smallest absolute Gasteiger partial charge is 0.282 e. The van der Waals surface area contributed by atoms with Gasteiger partial charge in [0.1, 0.15) is 11.4 Å². The molecule has 0 aliphatic carbocycles. The highest BCUT2D eigenvalue weighted by Gasteiger charge is 2.39. The summed E-state index contributed by atoms with van der Waals surface area (Å²) in [5, 5.41) is 14.2. The standard InChI is InChI=1S/C13H14FN3O3.ClH/c14-10-1-2-12(17(19)20)11(3-10)13(18)16-6-8-4-15-5-9(8)7-16;/h1-3,8-9,15H,4-7H2;1H/t8-,9+;. The lowest BCUT2D eigenvalue weighted by Crippen LogP contribution is -2.32. The van der Waals surface area contributed by atoms with Gasteiger partial charge in [-0.05, 0) is 24.0 Å². The Bertz CT molecular complexity index is 572. The zero-order valence-electron chi connectivity index (χ0n) is 11.1. The number of carbonyl (C=O) groups excluding carboxylic acids is 1. The normalized spacial score (nSPS) is 23.6. The van der Waals surface area contributed by atoms with E-state index in [1.807, 2.05) is 0 Å². The maximum atomic E-state index is 13.3. The van der Waals surface area contributed by atoms with Crippen LogP contribution in [0.4, 0.5) is 10.1 Å². The number of nitrogens with one attached hydrogen (secondary N) is 1. The van der Waals surface area contributed by atoms with E-state index in [1.54, 1.807) is 4.90 Å². The van der Waals surface area contributed by atoms with Crippen LogP contribution in [0, 0.1) is 27.8 Å². The maximum absolute atomic E-state index is 13.3. The average Bonchev–Trinajstić information content (AvgIpc) is 2.97. The molecule has 0 radical (unpaired) electrons. The van der Waals surface area contributed by atoms with Crippen LogP contribution in [0.5, 0.6) is 0 Å². The van der Waals surface area contributed by atoms with Crippen LogP contribution in [0.15, 0.2) is 18.2 Å². The van der Waals surface area contributed by atoms with E-state index < -0.39 is 16.6 Å². The van der Waals surface area contributed by atoms with Gasteiger partial charge in [0.05, 0.1) is 4.92 Å². The number of hydrogen-bond acceptors (Lipinski definition) is 4. The lowest BCUT2D eigenvalue weighted by atomic mass is 10.0. The number of fused-ring (bicyclic) bond motifs is 1. The minimum absolute atomic E-state index is 0. The first-order valence-electron chi connectivity index (χ1n) is 6.50. The molecule has 2 saturated heterocycles. The molecule has 0 aromatic heterocycles. The third kappa shape index (κ3) is 2.84. The van der Waals surface area contributed by atoms with Gasteiger partial charge in [-0.3, -0.25) is 14.9 Å². The number of nitro benzene ring substituents is 1. The summed E-state index contributed by atoms with van der Waals surface area (Å²) in [4.78, 5) is 24.3. The summed E-state index contributed by atoms with van der Waals surface area (Å²) in [7, 11) is 0. The van der Waals surface area contributed by atoms with Crippen LogP contribution in [0.25, 0.3) is 0 Å². The summed E-state index contributed by atoms with van der Waals surface area (Å²) in [6, 6.07) is 2.99. The number of nitro groups is 1. The Labute approximate surface area is 126 Å². The molecular formula is C13H15ClFN3O3. The Kier molecular flexibility index (Phi) is 4.43. The van der Waals surface area contributed by atoms with Crippen molar-refractivity contribution >= 4 is 24.0 Å². The molecule has 3 rings (SSSR count). The molecule has 1 N–H and O–H groups in total. The largest absolute Gasteiger partial charge is 0.338 e. The van der Waals surface area contributed by atoms with E-state index in [0.717, 1.165) is 31.3 Å². The van der Waals surface area contributed by atoms with Gasteiger partial charge in [0, 0.05) is 32.2 Å². The van der Waals surface area contributed by atoms with Crippen LogP contribution < -0.4 is 5.32 Å². The Balaban J connectivity index is 0.00000161. The van der Waals surface area contributed by atoms with Crippen molar-refractivity contribution in [2.24, 2.45) is 11.8 Å². The van der Waals surface area contributed by atoms with Gasteiger partial charge in [0.25, 0.3) is 11.6 Å². The van der Waals surface area contributed by atoms with E-state index in [2.05, 4.69) is 5.32 Å². The Morgan fingerprint density at radius 2 is 1.95 bits per heavy atom. The van der Waals surface area contributed by atoms with Crippen molar-refractivity contribution in [1.82, 2.24) is 10.2 Å². The van der Waals surface area contributed by atoms with Crippen LogP contribution in [0.1, 0.15) is 10.4 Å². The van der Waals surface area contributed by atoms with Crippen molar-refractivity contribution in [2.45, 2.75) is 0 Å². The second kappa shape index (κ2) is 5.95. The first kappa shape index (κ1) is 15.7. The molecule has 1 aromatic carbocycles. The van der Waals surface area contributed by atoms with Crippen molar-refractivity contribution in [3.8, 4) is 0 Å². The van der Waals surface area contributed by atoms with Gasteiger partial charge in [0.2, 0.25) is 0 Å². The van der Waals surface area contributed by atoms with Crippen molar-refractivity contribution in [2.75, 3.05) is 26.2 Å². The van der Waals surface area contributed by atoms with Gasteiger partial charge in [0.15, 0.2) is 0 Å². The highest BCUT2D eigenvalue weighted by Crippen LogP contribution is 2.29. The van der Waals surface area contributed by atoms with Gasteiger partial charge in [-0.25, -0.2) is 4.39 Å². The number of nitrogens with zero attached hydrogens (tertiary/aromatic N) is 2. The maximum Gasteiger partial charge on any atom is 0.282 e. The second-order valence-electron chi connectivity index (χ2n) is 5.31. The summed E-state index contributed by atoms with van der Waals surface area (Å²) < 4.78 is 13.3. The number of likely N-dealkylation sites (tertiary alicyclic amines) is 1. The first-order chi connectivity index (χ1) is 9.56. The Morgan fingerprint density at radius 3 is 2.52 bits per heavy atom. The molecule has 1 amide bonds. The third-order valence-corrected chi connectivity index (χ3v) is 4.06. The zero-order chi connectivity index (χ0) is 14.3. The summed E-state index contributed by atoms with van der Waals surface area (Å²) in [5.41, 5.74) is -0.505. The molecule has 2 atom stereocenters. The van der Waals surface area contributed by atoms with Gasteiger partial charge in [-0.15, -0.1) is 12.4 Å². The molecule has 8 heteroatoms. The van der Waals surface area contributed by atoms with Crippen molar-refractivity contribution in [1.29, 1.82) is 0 Å². The fraction of sp³-hybridized carbons (Fsp3) is 0.462. The molecule has 2 heterocycles. The lowest BCUT2D eigenvalue weighted by Gasteiger charge is -2.17. The minimum Gasteiger partial charge on any atom is -0.338 e. The lowest BCUT2D eigenvalue weighted by molar-refractivity contribution is -0.385. The van der Waals surface area contributed by atoms with Gasteiger partial charge < -0.3 is 10.2 Å². The van der Waals surface area contributed by atoms with Gasteiger partial charge in [-0.1, -0.05) is 0 Å². The molecule has 2 fully saturated rings. The number of halogens is 2. The molecule has 0 spiro atoms. The molecule has 2 aliphatic heterocycles. The Hall–Kier alpha value is -1.73. The molecular weight excluding hydrogens is 301 g/mol. The molecule has 0 bridgehead atoms.